The highest BCUT2D eigenvalue weighted by Crippen LogP contribution is 2.32. The van der Waals surface area contributed by atoms with E-state index in [1.165, 1.54) is 0 Å². The van der Waals surface area contributed by atoms with Crippen LogP contribution < -0.4 is 4.74 Å². The van der Waals surface area contributed by atoms with Gasteiger partial charge in [0.1, 0.15) is 5.75 Å². The number of aromatic nitrogens is 1. The Labute approximate surface area is 134 Å². The fourth-order valence-corrected chi connectivity index (χ4v) is 3.02. The second-order valence-corrected chi connectivity index (χ2v) is 5.65. The van der Waals surface area contributed by atoms with Crippen molar-refractivity contribution >= 4 is 28.3 Å². The number of carbonyl (C=O) groups is 1. The molecule has 0 atom stereocenters. The van der Waals surface area contributed by atoms with Crippen LogP contribution in [0.4, 0.5) is 0 Å². The van der Waals surface area contributed by atoms with Gasteiger partial charge in [-0.1, -0.05) is 11.6 Å². The molecule has 3 aromatic rings. The third kappa shape index (κ3) is 2.28. The van der Waals surface area contributed by atoms with Crippen molar-refractivity contribution in [2.45, 2.75) is 13.8 Å². The molecule has 22 heavy (non-hydrogen) atoms. The van der Waals surface area contributed by atoms with Gasteiger partial charge in [0.2, 0.25) is 0 Å². The lowest BCUT2D eigenvalue weighted by Gasteiger charge is -2.09. The molecule has 3 nitrogen and oxygen atoms in total. The first-order valence-electron chi connectivity index (χ1n) is 6.99. The van der Waals surface area contributed by atoms with Crippen LogP contribution in [0.3, 0.4) is 0 Å². The Morgan fingerprint density at radius 1 is 1.14 bits per heavy atom. The van der Waals surface area contributed by atoms with Crippen LogP contribution in [0.25, 0.3) is 16.6 Å². The molecule has 0 radical (unpaired) electrons. The van der Waals surface area contributed by atoms with Gasteiger partial charge in [0, 0.05) is 27.4 Å². The van der Waals surface area contributed by atoms with Crippen molar-refractivity contribution in [2.24, 2.45) is 0 Å². The van der Waals surface area contributed by atoms with Gasteiger partial charge in [-0.15, -0.1) is 0 Å². The molecule has 1 heterocycles. The van der Waals surface area contributed by atoms with Gasteiger partial charge in [-0.05, 0) is 56.3 Å². The number of halogens is 1. The van der Waals surface area contributed by atoms with Crippen molar-refractivity contribution in [3.63, 3.8) is 0 Å². The van der Waals surface area contributed by atoms with Crippen molar-refractivity contribution in [3.8, 4) is 11.4 Å². The van der Waals surface area contributed by atoms with E-state index >= 15 is 0 Å². The molecule has 0 aliphatic carbocycles. The topological polar surface area (TPSA) is 31.2 Å². The maximum atomic E-state index is 12.1. The molecule has 0 aliphatic heterocycles. The van der Waals surface area contributed by atoms with Crippen LogP contribution >= 0.6 is 11.6 Å². The number of methoxy groups -OCH3 is 1. The van der Waals surface area contributed by atoms with Gasteiger partial charge < -0.3 is 9.30 Å². The summed E-state index contributed by atoms with van der Waals surface area (Å²) >= 11 is 5.97. The summed E-state index contributed by atoms with van der Waals surface area (Å²) in [5, 5.41) is 1.59. The minimum Gasteiger partial charge on any atom is -0.497 e. The van der Waals surface area contributed by atoms with Gasteiger partial charge in [0.05, 0.1) is 12.6 Å². The summed E-state index contributed by atoms with van der Waals surface area (Å²) in [6.45, 7) is 3.55. The van der Waals surface area contributed by atoms with E-state index in [-0.39, 0.29) is 5.78 Å². The predicted molar refractivity (Wildman–Crippen MR) is 89.6 cm³/mol. The van der Waals surface area contributed by atoms with Crippen LogP contribution in [0, 0.1) is 6.92 Å². The minimum absolute atomic E-state index is 0.0449. The zero-order chi connectivity index (χ0) is 15.9. The minimum atomic E-state index is 0.0449. The average molecular weight is 314 g/mol. The lowest BCUT2D eigenvalue weighted by molar-refractivity contribution is 0.101. The highest BCUT2D eigenvalue weighted by Gasteiger charge is 2.18. The molecule has 0 bridgehead atoms. The normalized spacial score (nSPS) is 10.9. The molecule has 0 spiro atoms. The third-order valence-electron chi connectivity index (χ3n) is 3.85. The lowest BCUT2D eigenvalue weighted by atomic mass is 10.1. The van der Waals surface area contributed by atoms with Gasteiger partial charge in [-0.3, -0.25) is 4.79 Å². The van der Waals surface area contributed by atoms with E-state index in [0.717, 1.165) is 33.6 Å². The fourth-order valence-electron chi connectivity index (χ4n) is 2.89. The molecule has 112 valence electrons. The predicted octanol–water partition coefficient (Wildman–Crippen LogP) is 4.80. The van der Waals surface area contributed by atoms with E-state index in [1.807, 2.05) is 49.4 Å². The van der Waals surface area contributed by atoms with Gasteiger partial charge >= 0.3 is 0 Å². The van der Waals surface area contributed by atoms with E-state index in [2.05, 4.69) is 4.57 Å². The van der Waals surface area contributed by atoms with Gasteiger partial charge in [0.15, 0.2) is 5.78 Å². The maximum Gasteiger partial charge on any atom is 0.162 e. The Bertz CT molecular complexity index is 863. The number of carbonyl (C=O) groups excluding carboxylic acids is 1. The van der Waals surface area contributed by atoms with E-state index < -0.39 is 0 Å². The Balaban J connectivity index is 2.37. The summed E-state index contributed by atoms with van der Waals surface area (Å²) in [6.07, 6.45) is 0. The molecule has 0 unspecified atom stereocenters. The van der Waals surface area contributed by atoms with E-state index in [1.54, 1.807) is 14.0 Å². The number of ether oxygens (including phenoxy) is 1. The number of ketones is 1. The van der Waals surface area contributed by atoms with Crippen LogP contribution in [0.5, 0.6) is 5.75 Å². The molecule has 2 aromatic carbocycles. The first-order valence-corrected chi connectivity index (χ1v) is 7.36. The number of hydrogen-bond acceptors (Lipinski definition) is 2. The van der Waals surface area contributed by atoms with Crippen molar-refractivity contribution in [3.05, 3.63) is 58.7 Å². The first kappa shape index (κ1) is 14.7. The van der Waals surface area contributed by atoms with Crippen LogP contribution in [0.15, 0.2) is 42.5 Å². The molecule has 0 N–H and O–H groups in total. The lowest BCUT2D eigenvalue weighted by Crippen LogP contribution is -1.99. The molecular weight excluding hydrogens is 298 g/mol. The van der Waals surface area contributed by atoms with E-state index in [9.17, 15) is 4.79 Å². The summed E-state index contributed by atoms with van der Waals surface area (Å²) < 4.78 is 7.36. The van der Waals surface area contributed by atoms with E-state index in [4.69, 9.17) is 16.3 Å². The molecular formula is C18H16ClNO2. The van der Waals surface area contributed by atoms with E-state index in [0.29, 0.717) is 5.02 Å². The van der Waals surface area contributed by atoms with Crippen LogP contribution in [-0.2, 0) is 0 Å². The number of benzene rings is 2. The Morgan fingerprint density at radius 2 is 1.82 bits per heavy atom. The summed E-state index contributed by atoms with van der Waals surface area (Å²) in [7, 11) is 1.62. The van der Waals surface area contributed by atoms with Crippen molar-refractivity contribution in [1.82, 2.24) is 4.57 Å². The first-order chi connectivity index (χ1) is 10.5. The number of fused-ring (bicyclic) bond motifs is 1. The average Bonchev–Trinajstić information content (AvgIpc) is 2.79. The maximum absolute atomic E-state index is 12.1. The highest BCUT2D eigenvalue weighted by atomic mass is 35.5. The molecule has 0 saturated carbocycles. The zero-order valence-corrected chi connectivity index (χ0v) is 13.4. The molecule has 0 aliphatic rings. The molecule has 0 saturated heterocycles. The highest BCUT2D eigenvalue weighted by molar-refractivity contribution is 6.30. The van der Waals surface area contributed by atoms with Crippen LogP contribution in [-0.4, -0.2) is 17.5 Å². The monoisotopic (exact) mass is 313 g/mol. The van der Waals surface area contributed by atoms with Crippen molar-refractivity contribution in [1.29, 1.82) is 0 Å². The Kier molecular flexibility index (Phi) is 3.67. The van der Waals surface area contributed by atoms with Crippen LogP contribution in [0.2, 0.25) is 5.02 Å². The number of Topliss-reactive ketones (excluding diaryl/α,β-unsaturated/α-hetero) is 1. The zero-order valence-electron chi connectivity index (χ0n) is 12.7. The van der Waals surface area contributed by atoms with Gasteiger partial charge in [-0.25, -0.2) is 0 Å². The smallest absolute Gasteiger partial charge is 0.162 e. The standard InChI is InChI=1S/C18H16ClNO2/c1-11-18(12(2)21)16-10-15(22-3)8-9-17(16)20(11)14-6-4-13(19)5-7-14/h4-10H,1-3H3. The van der Waals surface area contributed by atoms with Crippen LogP contribution in [0.1, 0.15) is 23.0 Å². The summed E-state index contributed by atoms with van der Waals surface area (Å²) in [5.74, 6) is 0.784. The number of hydrogen-bond donors (Lipinski definition) is 0. The van der Waals surface area contributed by atoms with Gasteiger partial charge in [-0.2, -0.15) is 0 Å². The van der Waals surface area contributed by atoms with Crippen molar-refractivity contribution < 1.29 is 9.53 Å². The summed E-state index contributed by atoms with van der Waals surface area (Å²) in [5.41, 5.74) is 3.59. The Hall–Kier alpha value is -2.26. The quantitative estimate of drug-likeness (QED) is 0.650. The Morgan fingerprint density at radius 3 is 2.41 bits per heavy atom. The van der Waals surface area contributed by atoms with Crippen molar-refractivity contribution in [2.75, 3.05) is 7.11 Å². The summed E-state index contributed by atoms with van der Waals surface area (Å²) in [6, 6.07) is 13.4. The largest absolute Gasteiger partial charge is 0.497 e. The molecule has 3 rings (SSSR count). The second kappa shape index (κ2) is 5.50. The molecule has 0 amide bonds. The number of rotatable bonds is 3. The number of nitrogens with zero attached hydrogens (tertiary/aromatic N) is 1. The SMILES string of the molecule is COc1ccc2c(c1)c(C(C)=O)c(C)n2-c1ccc(Cl)cc1. The molecule has 4 heteroatoms. The second-order valence-electron chi connectivity index (χ2n) is 5.21. The fraction of sp³-hybridized carbons (Fsp3) is 0.167. The molecule has 0 fully saturated rings. The third-order valence-corrected chi connectivity index (χ3v) is 4.10. The molecule has 1 aromatic heterocycles. The summed E-state index contributed by atoms with van der Waals surface area (Å²) in [4.78, 5) is 12.1. The van der Waals surface area contributed by atoms with Gasteiger partial charge in [0.25, 0.3) is 0 Å².